The largest absolute Gasteiger partial charge is 0.398 e. The lowest BCUT2D eigenvalue weighted by molar-refractivity contribution is 0.387. The minimum Gasteiger partial charge on any atom is -0.398 e. The number of anilines is 1. The van der Waals surface area contributed by atoms with E-state index in [1.54, 1.807) is 6.07 Å². The lowest BCUT2D eigenvalue weighted by atomic mass is 10.1. The van der Waals surface area contributed by atoms with Gasteiger partial charge >= 0.3 is 7.60 Å². The molecule has 1 rings (SSSR count). The highest BCUT2D eigenvalue weighted by atomic mass is 79.9. The maximum absolute atomic E-state index is 11.4. The fourth-order valence-electron chi connectivity index (χ4n) is 1.72. The Morgan fingerprint density at radius 3 is 2.31 bits per heavy atom. The summed E-state index contributed by atoms with van der Waals surface area (Å²) in [6.45, 7) is 3.81. The smallest absolute Gasteiger partial charge is 0.358 e. The molecule has 0 amide bonds. The van der Waals surface area contributed by atoms with Gasteiger partial charge in [-0.2, -0.15) is 0 Å². The highest BCUT2D eigenvalue weighted by Crippen LogP contribution is 2.40. The van der Waals surface area contributed by atoms with Gasteiger partial charge < -0.3 is 15.5 Å². The minimum atomic E-state index is -4.32. The van der Waals surface area contributed by atoms with E-state index in [0.29, 0.717) is 12.0 Å². The number of hydrogen-bond acceptors (Lipinski definition) is 2. The van der Waals surface area contributed by atoms with Gasteiger partial charge in [0.05, 0.1) is 5.30 Å². The van der Waals surface area contributed by atoms with Gasteiger partial charge in [-0.3, -0.25) is 4.57 Å². The summed E-state index contributed by atoms with van der Waals surface area (Å²) in [5, 5.41) is -0.0425. The predicted molar refractivity (Wildman–Crippen MR) is 69.0 cm³/mol. The molecule has 16 heavy (non-hydrogen) atoms. The van der Waals surface area contributed by atoms with Crippen molar-refractivity contribution in [1.82, 2.24) is 0 Å². The lowest BCUT2D eigenvalue weighted by Crippen LogP contribution is -2.17. The summed E-state index contributed by atoms with van der Waals surface area (Å²) >= 11 is 3.38. The molecule has 4 nitrogen and oxygen atoms in total. The molecule has 0 aliphatic heterocycles. The van der Waals surface area contributed by atoms with E-state index in [2.05, 4.69) is 15.9 Å². The Morgan fingerprint density at radius 1 is 1.38 bits per heavy atom. The first-order valence-corrected chi connectivity index (χ1v) is 7.39. The monoisotopic (exact) mass is 307 g/mol. The summed E-state index contributed by atoms with van der Waals surface area (Å²) < 4.78 is 12.1. The predicted octanol–water partition coefficient (Wildman–Crippen LogP) is 1.96. The van der Waals surface area contributed by atoms with Gasteiger partial charge in [-0.1, -0.05) is 29.8 Å². The van der Waals surface area contributed by atoms with Crippen molar-refractivity contribution in [3.63, 3.8) is 0 Å². The van der Waals surface area contributed by atoms with Crippen LogP contribution in [-0.4, -0.2) is 9.79 Å². The van der Waals surface area contributed by atoms with Gasteiger partial charge in [-0.25, -0.2) is 0 Å². The zero-order valence-corrected chi connectivity index (χ0v) is 11.7. The van der Waals surface area contributed by atoms with Gasteiger partial charge in [0.15, 0.2) is 0 Å². The zero-order chi connectivity index (χ0) is 12.5. The molecule has 0 aliphatic rings. The average Bonchev–Trinajstić information content (AvgIpc) is 2.18. The quantitative estimate of drug-likeness (QED) is 0.589. The summed E-state index contributed by atoms with van der Waals surface area (Å²) in [7, 11) is -4.32. The second kappa shape index (κ2) is 4.88. The van der Waals surface area contributed by atoms with Crippen molar-refractivity contribution in [2.24, 2.45) is 0 Å². The molecular formula is C10H15BrNO3P. The van der Waals surface area contributed by atoms with Crippen LogP contribution in [0.1, 0.15) is 25.0 Å². The van der Waals surface area contributed by atoms with Crippen molar-refractivity contribution in [3.05, 3.63) is 21.7 Å². The number of halogens is 1. The highest BCUT2D eigenvalue weighted by molar-refractivity contribution is 9.10. The van der Waals surface area contributed by atoms with E-state index in [4.69, 9.17) is 5.73 Å². The van der Waals surface area contributed by atoms with Crippen molar-refractivity contribution < 1.29 is 14.4 Å². The molecule has 0 aliphatic carbocycles. The molecule has 1 aromatic carbocycles. The van der Waals surface area contributed by atoms with Gasteiger partial charge in [-0.05, 0) is 30.0 Å². The Kier molecular flexibility index (Phi) is 4.18. The molecule has 1 aromatic rings. The lowest BCUT2D eigenvalue weighted by Gasteiger charge is -2.17. The van der Waals surface area contributed by atoms with Gasteiger partial charge in [0, 0.05) is 10.2 Å². The van der Waals surface area contributed by atoms with Crippen molar-refractivity contribution in [2.75, 3.05) is 5.73 Å². The number of nitrogen functional groups attached to an aromatic ring is 1. The first-order chi connectivity index (χ1) is 7.32. The van der Waals surface area contributed by atoms with Crippen LogP contribution in [0.3, 0.4) is 0 Å². The molecule has 0 unspecified atom stereocenters. The molecule has 6 heteroatoms. The fourth-order valence-corrected chi connectivity index (χ4v) is 3.76. The number of aryl methyl sites for hydroxylation is 1. The van der Waals surface area contributed by atoms with E-state index in [9.17, 15) is 14.4 Å². The van der Waals surface area contributed by atoms with E-state index in [1.165, 1.54) is 0 Å². The Labute approximate surface area is 103 Å². The SMILES string of the molecule is CCc1cc(N)c(P(=O)(O)O)c(CC)c1Br. The fraction of sp³-hybridized carbons (Fsp3) is 0.400. The molecule has 0 saturated carbocycles. The minimum absolute atomic E-state index is 0.0425. The molecule has 90 valence electrons. The van der Waals surface area contributed by atoms with Crippen LogP contribution in [0.4, 0.5) is 5.69 Å². The molecule has 4 N–H and O–H groups in total. The second-order valence-corrected chi connectivity index (χ2v) is 5.85. The topological polar surface area (TPSA) is 83.6 Å². The van der Waals surface area contributed by atoms with Crippen molar-refractivity contribution in [1.29, 1.82) is 0 Å². The van der Waals surface area contributed by atoms with Crippen LogP contribution < -0.4 is 11.0 Å². The van der Waals surface area contributed by atoms with Crippen LogP contribution in [-0.2, 0) is 17.4 Å². The zero-order valence-electron chi connectivity index (χ0n) is 9.20. The average molecular weight is 308 g/mol. The van der Waals surface area contributed by atoms with Gasteiger partial charge in [0.25, 0.3) is 0 Å². The van der Waals surface area contributed by atoms with Crippen molar-refractivity contribution in [3.8, 4) is 0 Å². The first-order valence-electron chi connectivity index (χ1n) is 4.98. The van der Waals surface area contributed by atoms with Crippen molar-refractivity contribution >= 4 is 34.5 Å². The molecule has 0 bridgehead atoms. The molecule has 0 radical (unpaired) electrons. The Hall–Kier alpha value is -0.350. The summed E-state index contributed by atoms with van der Waals surface area (Å²) in [6.07, 6.45) is 1.29. The second-order valence-electron chi connectivity index (χ2n) is 3.52. The third-order valence-electron chi connectivity index (χ3n) is 2.46. The molecule has 0 saturated heterocycles. The third-order valence-corrected chi connectivity index (χ3v) is 4.56. The van der Waals surface area contributed by atoms with E-state index in [1.807, 2.05) is 13.8 Å². The Bertz CT molecular complexity index is 456. The van der Waals surface area contributed by atoms with Crippen LogP contribution in [0.2, 0.25) is 0 Å². The summed E-state index contributed by atoms with van der Waals surface area (Å²) in [6, 6.07) is 1.62. The normalized spacial score (nSPS) is 11.8. The third kappa shape index (κ3) is 2.48. The summed E-state index contributed by atoms with van der Waals surface area (Å²) in [4.78, 5) is 18.6. The number of benzene rings is 1. The maximum atomic E-state index is 11.4. The van der Waals surface area contributed by atoms with Crippen LogP contribution in [0, 0.1) is 0 Å². The van der Waals surface area contributed by atoms with Gasteiger partial charge in [0.2, 0.25) is 0 Å². The first kappa shape index (κ1) is 13.7. The molecular weight excluding hydrogens is 293 g/mol. The van der Waals surface area contributed by atoms with Gasteiger partial charge in [-0.15, -0.1) is 0 Å². The standard InChI is InChI=1S/C10H15BrNO3P/c1-3-6-5-8(12)10(16(13,14)15)7(4-2)9(6)11/h5H,3-4,12H2,1-2H3,(H2,13,14,15). The molecule has 0 heterocycles. The number of rotatable bonds is 3. The van der Waals surface area contributed by atoms with Crippen LogP contribution in [0.25, 0.3) is 0 Å². The van der Waals surface area contributed by atoms with Gasteiger partial charge in [0.1, 0.15) is 0 Å². The highest BCUT2D eigenvalue weighted by Gasteiger charge is 2.26. The van der Waals surface area contributed by atoms with E-state index < -0.39 is 7.60 Å². The molecule has 0 fully saturated rings. The molecule has 0 spiro atoms. The van der Waals surface area contributed by atoms with Crippen LogP contribution in [0.15, 0.2) is 10.5 Å². The van der Waals surface area contributed by atoms with Crippen molar-refractivity contribution in [2.45, 2.75) is 26.7 Å². The van der Waals surface area contributed by atoms with Crippen LogP contribution in [0.5, 0.6) is 0 Å². The van der Waals surface area contributed by atoms with E-state index in [0.717, 1.165) is 16.5 Å². The Morgan fingerprint density at radius 2 is 1.94 bits per heavy atom. The summed E-state index contributed by atoms with van der Waals surface area (Å²) in [5.41, 5.74) is 7.45. The number of nitrogens with two attached hydrogens (primary N) is 1. The van der Waals surface area contributed by atoms with Crippen LogP contribution >= 0.6 is 23.5 Å². The molecule has 0 aromatic heterocycles. The van der Waals surface area contributed by atoms with E-state index in [-0.39, 0.29) is 11.0 Å². The Balaban J connectivity index is 3.63. The number of hydrogen-bond donors (Lipinski definition) is 3. The van der Waals surface area contributed by atoms with E-state index >= 15 is 0 Å². The summed E-state index contributed by atoms with van der Waals surface area (Å²) in [5.74, 6) is 0. The maximum Gasteiger partial charge on any atom is 0.358 e. The molecule has 0 atom stereocenters.